The molecule has 0 saturated carbocycles. The van der Waals surface area contributed by atoms with E-state index in [-0.39, 0.29) is 34.9 Å². The Morgan fingerprint density at radius 1 is 1.38 bits per heavy atom. The fourth-order valence-corrected chi connectivity index (χ4v) is 2.83. The van der Waals surface area contributed by atoms with Crippen LogP contribution in [0.15, 0.2) is 18.2 Å². The summed E-state index contributed by atoms with van der Waals surface area (Å²) in [6.07, 6.45) is -0.294. The molecule has 0 atom stereocenters. The first-order valence-corrected chi connectivity index (χ1v) is 7.88. The second-order valence-corrected chi connectivity index (χ2v) is 6.38. The van der Waals surface area contributed by atoms with Crippen LogP contribution in [0.1, 0.15) is 23.2 Å². The molecule has 1 aromatic rings. The summed E-state index contributed by atoms with van der Waals surface area (Å²) in [5.41, 5.74) is 0.00776. The van der Waals surface area contributed by atoms with Crippen LogP contribution in [-0.2, 0) is 19.6 Å². The summed E-state index contributed by atoms with van der Waals surface area (Å²) >= 11 is 5.76. The molecule has 0 amide bonds. The molecule has 1 rings (SSSR count). The zero-order valence-electron chi connectivity index (χ0n) is 11.1. The van der Waals surface area contributed by atoms with Crippen molar-refractivity contribution in [3.8, 4) is 0 Å². The van der Waals surface area contributed by atoms with Crippen LogP contribution in [-0.4, -0.2) is 38.3 Å². The first kappa shape index (κ1) is 17.3. The number of hydrogen-bond donors (Lipinski definition) is 2. The fourth-order valence-electron chi connectivity index (χ4n) is 1.52. The van der Waals surface area contributed by atoms with Gasteiger partial charge in [-0.05, 0) is 24.6 Å². The summed E-state index contributed by atoms with van der Waals surface area (Å²) in [4.78, 5) is 22.0. The largest absolute Gasteiger partial charge is 0.481 e. The highest BCUT2D eigenvalue weighted by Gasteiger charge is 2.18. The van der Waals surface area contributed by atoms with Crippen molar-refractivity contribution in [2.45, 2.75) is 12.8 Å². The maximum atomic E-state index is 11.8. The Kier molecular flexibility index (Phi) is 5.98. The number of anilines is 1. The molecule has 1 aromatic carbocycles. The normalized spacial score (nSPS) is 11.0. The lowest BCUT2D eigenvalue weighted by Gasteiger charge is -2.11. The van der Waals surface area contributed by atoms with Gasteiger partial charge in [-0.25, -0.2) is 13.2 Å². The number of carbonyl (C=O) groups excluding carboxylic acids is 1. The van der Waals surface area contributed by atoms with E-state index in [4.69, 9.17) is 16.7 Å². The number of carboxylic acid groups (broad SMARTS) is 1. The van der Waals surface area contributed by atoms with Gasteiger partial charge in [0.1, 0.15) is 0 Å². The third kappa shape index (κ3) is 5.60. The molecule has 0 unspecified atom stereocenters. The van der Waals surface area contributed by atoms with Crippen LogP contribution in [0.3, 0.4) is 0 Å². The molecule has 0 radical (unpaired) electrons. The molecule has 0 aliphatic heterocycles. The summed E-state index contributed by atoms with van der Waals surface area (Å²) in [6.45, 7) is 0. The van der Waals surface area contributed by atoms with Crippen molar-refractivity contribution >= 4 is 39.3 Å². The number of sulfonamides is 1. The van der Waals surface area contributed by atoms with Crippen LogP contribution in [0, 0.1) is 0 Å². The van der Waals surface area contributed by atoms with Gasteiger partial charge < -0.3 is 9.84 Å². The van der Waals surface area contributed by atoms with E-state index >= 15 is 0 Å². The predicted octanol–water partition coefficient (Wildman–Crippen LogP) is 1.73. The third-order valence-corrected chi connectivity index (χ3v) is 4.05. The Labute approximate surface area is 126 Å². The fraction of sp³-hybridized carbons (Fsp3) is 0.333. The monoisotopic (exact) mass is 335 g/mol. The lowest BCUT2D eigenvalue weighted by molar-refractivity contribution is -0.137. The van der Waals surface area contributed by atoms with Crippen molar-refractivity contribution in [2.24, 2.45) is 0 Å². The van der Waals surface area contributed by atoms with Gasteiger partial charge in [0.05, 0.1) is 24.1 Å². The topological polar surface area (TPSA) is 110 Å². The van der Waals surface area contributed by atoms with Gasteiger partial charge in [-0.3, -0.25) is 9.52 Å². The zero-order chi connectivity index (χ0) is 16.0. The highest BCUT2D eigenvalue weighted by molar-refractivity contribution is 7.92. The average molecular weight is 336 g/mol. The molecule has 7 nitrogen and oxygen atoms in total. The number of nitrogens with one attached hydrogen (secondary N) is 1. The molecule has 2 N–H and O–H groups in total. The lowest BCUT2D eigenvalue weighted by atomic mass is 10.2. The van der Waals surface area contributed by atoms with Crippen molar-refractivity contribution in [2.75, 3.05) is 17.6 Å². The first-order valence-electron chi connectivity index (χ1n) is 5.85. The summed E-state index contributed by atoms with van der Waals surface area (Å²) < 4.78 is 30.5. The Morgan fingerprint density at radius 2 is 2.05 bits per heavy atom. The van der Waals surface area contributed by atoms with Crippen molar-refractivity contribution < 1.29 is 27.9 Å². The molecule has 9 heteroatoms. The number of benzene rings is 1. The predicted molar refractivity (Wildman–Crippen MR) is 77.1 cm³/mol. The smallest absolute Gasteiger partial charge is 0.340 e. The maximum Gasteiger partial charge on any atom is 0.340 e. The molecule has 0 aliphatic carbocycles. The van der Waals surface area contributed by atoms with Crippen LogP contribution in [0.4, 0.5) is 5.69 Å². The molecular weight excluding hydrogens is 322 g/mol. The number of ether oxygens (including phenoxy) is 1. The van der Waals surface area contributed by atoms with Gasteiger partial charge in [-0.1, -0.05) is 11.6 Å². The van der Waals surface area contributed by atoms with Crippen molar-refractivity contribution in [1.82, 2.24) is 0 Å². The highest BCUT2D eigenvalue weighted by Crippen LogP contribution is 2.22. The summed E-state index contributed by atoms with van der Waals surface area (Å²) in [5, 5.41) is 8.74. The molecular formula is C12H14ClNO6S. The van der Waals surface area contributed by atoms with E-state index in [9.17, 15) is 18.0 Å². The minimum atomic E-state index is -3.77. The third-order valence-electron chi connectivity index (χ3n) is 2.46. The minimum Gasteiger partial charge on any atom is -0.481 e. The quantitative estimate of drug-likeness (QED) is 0.734. The number of hydrogen-bond acceptors (Lipinski definition) is 5. The lowest BCUT2D eigenvalue weighted by Crippen LogP contribution is -2.19. The van der Waals surface area contributed by atoms with Crippen LogP contribution in [0.5, 0.6) is 0 Å². The Bertz CT molecular complexity index is 643. The first-order chi connectivity index (χ1) is 9.75. The summed E-state index contributed by atoms with van der Waals surface area (Å²) in [7, 11) is -2.61. The molecule has 116 valence electrons. The maximum absolute atomic E-state index is 11.8. The van der Waals surface area contributed by atoms with Gasteiger partial charge in [0.15, 0.2) is 0 Å². The van der Waals surface area contributed by atoms with E-state index in [1.165, 1.54) is 18.2 Å². The highest BCUT2D eigenvalue weighted by atomic mass is 35.5. The van der Waals surface area contributed by atoms with Crippen molar-refractivity contribution in [3.05, 3.63) is 28.8 Å². The Hall–Kier alpha value is -1.80. The van der Waals surface area contributed by atoms with Crippen LogP contribution in [0.25, 0.3) is 0 Å². The molecule has 0 aliphatic rings. The second-order valence-electron chi connectivity index (χ2n) is 4.10. The molecule has 21 heavy (non-hydrogen) atoms. The summed E-state index contributed by atoms with van der Waals surface area (Å²) in [5.74, 6) is -2.18. The van der Waals surface area contributed by atoms with Gasteiger partial charge in [0.25, 0.3) is 0 Å². The van der Waals surface area contributed by atoms with E-state index in [2.05, 4.69) is 9.46 Å². The second kappa shape index (κ2) is 7.28. The number of aliphatic carboxylic acids is 1. The van der Waals surface area contributed by atoms with Gasteiger partial charge >= 0.3 is 11.9 Å². The molecule has 0 fully saturated rings. The SMILES string of the molecule is COC(=O)c1cc(Cl)ccc1NS(=O)(=O)CCCC(=O)O. The van der Waals surface area contributed by atoms with E-state index < -0.39 is 22.0 Å². The molecule has 0 saturated heterocycles. The summed E-state index contributed by atoms with van der Waals surface area (Å²) in [6, 6.07) is 4.04. The van der Waals surface area contributed by atoms with Crippen molar-refractivity contribution in [1.29, 1.82) is 0 Å². The molecule has 0 bridgehead atoms. The number of methoxy groups -OCH3 is 1. The number of rotatable bonds is 7. The number of esters is 1. The number of carbonyl (C=O) groups is 2. The molecule has 0 aromatic heterocycles. The Morgan fingerprint density at radius 3 is 2.62 bits per heavy atom. The van der Waals surface area contributed by atoms with Gasteiger partial charge in [-0.15, -0.1) is 0 Å². The number of halogens is 1. The van der Waals surface area contributed by atoms with Gasteiger partial charge in [-0.2, -0.15) is 0 Å². The zero-order valence-corrected chi connectivity index (χ0v) is 12.7. The average Bonchev–Trinajstić information content (AvgIpc) is 2.39. The van der Waals surface area contributed by atoms with E-state index in [0.29, 0.717) is 0 Å². The van der Waals surface area contributed by atoms with E-state index in [1.54, 1.807) is 0 Å². The van der Waals surface area contributed by atoms with Crippen molar-refractivity contribution in [3.63, 3.8) is 0 Å². The van der Waals surface area contributed by atoms with Gasteiger partial charge in [0.2, 0.25) is 10.0 Å². The molecule has 0 spiro atoms. The minimum absolute atomic E-state index is 0.0215. The van der Waals surface area contributed by atoms with Gasteiger partial charge in [0, 0.05) is 11.4 Å². The molecule has 0 heterocycles. The van der Waals surface area contributed by atoms with Crippen LogP contribution in [0.2, 0.25) is 5.02 Å². The van der Waals surface area contributed by atoms with Crippen LogP contribution >= 0.6 is 11.6 Å². The van der Waals surface area contributed by atoms with Crippen LogP contribution < -0.4 is 4.72 Å². The standard InChI is InChI=1S/C12H14ClNO6S/c1-20-12(17)9-7-8(13)4-5-10(9)14-21(18,19)6-2-3-11(15)16/h4-5,7,14H,2-3,6H2,1H3,(H,15,16). The number of carboxylic acids is 1. The van der Waals surface area contributed by atoms with E-state index in [0.717, 1.165) is 7.11 Å². The Balaban J connectivity index is 2.91. The van der Waals surface area contributed by atoms with E-state index in [1.807, 2.05) is 0 Å².